The Morgan fingerprint density at radius 2 is 2.00 bits per heavy atom. The molecule has 0 bridgehead atoms. The van der Waals surface area contributed by atoms with Gasteiger partial charge in [0.25, 0.3) is 0 Å². The predicted molar refractivity (Wildman–Crippen MR) is 68.3 cm³/mol. The lowest BCUT2D eigenvalue weighted by Gasteiger charge is -2.31. The quantitative estimate of drug-likeness (QED) is 0.888. The Balaban J connectivity index is 2.56. The zero-order valence-electron chi connectivity index (χ0n) is 11.2. The lowest BCUT2D eigenvalue weighted by atomic mass is 9.81. The summed E-state index contributed by atoms with van der Waals surface area (Å²) < 4.78 is 16.5. The van der Waals surface area contributed by atoms with Gasteiger partial charge in [-0.05, 0) is 11.6 Å². The van der Waals surface area contributed by atoms with Crippen LogP contribution in [0.15, 0.2) is 12.1 Å². The van der Waals surface area contributed by atoms with Crippen LogP contribution < -0.4 is 9.47 Å². The highest BCUT2D eigenvalue weighted by Crippen LogP contribution is 2.42. The molecule has 1 aromatic rings. The first-order chi connectivity index (χ1) is 8.60. The molecule has 0 spiro atoms. The maximum absolute atomic E-state index is 9.60. The van der Waals surface area contributed by atoms with E-state index in [0.717, 1.165) is 22.6 Å². The predicted octanol–water partition coefficient (Wildman–Crippen LogP) is 1.87. The SMILES string of the molecule is COCc1ccc2c(c1C(C)(C)CO)OCCO2. The van der Waals surface area contributed by atoms with Crippen molar-refractivity contribution in [3.63, 3.8) is 0 Å². The minimum atomic E-state index is -0.389. The van der Waals surface area contributed by atoms with E-state index in [4.69, 9.17) is 14.2 Å². The van der Waals surface area contributed by atoms with Crippen LogP contribution in [0.4, 0.5) is 0 Å². The van der Waals surface area contributed by atoms with Gasteiger partial charge < -0.3 is 19.3 Å². The molecule has 1 aliphatic rings. The average Bonchev–Trinajstić information content (AvgIpc) is 2.38. The number of aliphatic hydroxyl groups excluding tert-OH is 1. The maximum atomic E-state index is 9.60. The third kappa shape index (κ3) is 2.31. The number of fused-ring (bicyclic) bond motifs is 1. The molecule has 0 aromatic heterocycles. The summed E-state index contributed by atoms with van der Waals surface area (Å²) in [5.74, 6) is 1.49. The second-order valence-corrected chi connectivity index (χ2v) is 5.10. The molecule has 0 saturated carbocycles. The summed E-state index contributed by atoms with van der Waals surface area (Å²) in [5.41, 5.74) is 1.62. The van der Waals surface area contributed by atoms with Gasteiger partial charge in [0.2, 0.25) is 0 Å². The lowest BCUT2D eigenvalue weighted by molar-refractivity contribution is 0.154. The van der Waals surface area contributed by atoms with Gasteiger partial charge in [0, 0.05) is 18.1 Å². The van der Waals surface area contributed by atoms with E-state index in [2.05, 4.69) is 0 Å². The average molecular weight is 252 g/mol. The van der Waals surface area contributed by atoms with Gasteiger partial charge >= 0.3 is 0 Å². The molecule has 18 heavy (non-hydrogen) atoms. The zero-order chi connectivity index (χ0) is 13.2. The normalized spacial score (nSPS) is 14.7. The minimum Gasteiger partial charge on any atom is -0.486 e. The number of aliphatic hydroxyl groups is 1. The second-order valence-electron chi connectivity index (χ2n) is 5.10. The van der Waals surface area contributed by atoms with Gasteiger partial charge in [0.1, 0.15) is 13.2 Å². The Bertz CT molecular complexity index is 426. The molecular formula is C14H20O4. The van der Waals surface area contributed by atoms with Crippen LogP contribution in [0, 0.1) is 0 Å². The number of benzene rings is 1. The Hall–Kier alpha value is -1.26. The van der Waals surface area contributed by atoms with Crippen LogP contribution in [0.25, 0.3) is 0 Å². The van der Waals surface area contributed by atoms with E-state index in [1.54, 1.807) is 7.11 Å². The van der Waals surface area contributed by atoms with Gasteiger partial charge in [-0.1, -0.05) is 19.9 Å². The smallest absolute Gasteiger partial charge is 0.165 e. The van der Waals surface area contributed by atoms with Crippen molar-refractivity contribution < 1.29 is 19.3 Å². The third-order valence-corrected chi connectivity index (χ3v) is 3.17. The van der Waals surface area contributed by atoms with Gasteiger partial charge in [-0.25, -0.2) is 0 Å². The van der Waals surface area contributed by atoms with Crippen LogP contribution in [0.5, 0.6) is 11.5 Å². The number of hydrogen-bond donors (Lipinski definition) is 1. The first-order valence-electron chi connectivity index (χ1n) is 6.12. The lowest BCUT2D eigenvalue weighted by Crippen LogP contribution is -2.27. The summed E-state index contributed by atoms with van der Waals surface area (Å²) in [7, 11) is 1.66. The Labute approximate surface area is 107 Å². The topological polar surface area (TPSA) is 47.9 Å². The summed E-state index contributed by atoms with van der Waals surface area (Å²) in [6, 6.07) is 3.88. The fourth-order valence-corrected chi connectivity index (χ4v) is 2.25. The molecule has 2 rings (SSSR count). The first-order valence-corrected chi connectivity index (χ1v) is 6.12. The fourth-order valence-electron chi connectivity index (χ4n) is 2.25. The van der Waals surface area contributed by atoms with E-state index >= 15 is 0 Å². The highest BCUT2D eigenvalue weighted by atomic mass is 16.6. The summed E-state index contributed by atoms with van der Waals surface area (Å²) in [6.45, 7) is 5.62. The van der Waals surface area contributed by atoms with E-state index in [0.29, 0.717) is 19.8 Å². The first kappa shape index (κ1) is 13.2. The van der Waals surface area contributed by atoms with Crippen molar-refractivity contribution in [3.05, 3.63) is 23.3 Å². The number of ether oxygens (including phenoxy) is 3. The number of hydrogen-bond acceptors (Lipinski definition) is 4. The van der Waals surface area contributed by atoms with Gasteiger partial charge in [-0.15, -0.1) is 0 Å². The van der Waals surface area contributed by atoms with Gasteiger partial charge in [0.15, 0.2) is 11.5 Å². The van der Waals surface area contributed by atoms with Crippen molar-refractivity contribution in [1.29, 1.82) is 0 Å². The molecule has 4 heteroatoms. The van der Waals surface area contributed by atoms with Crippen LogP contribution in [0.2, 0.25) is 0 Å². The molecule has 0 amide bonds. The molecular weight excluding hydrogens is 232 g/mol. The molecule has 100 valence electrons. The molecule has 0 unspecified atom stereocenters. The number of rotatable bonds is 4. The Morgan fingerprint density at radius 1 is 1.28 bits per heavy atom. The Morgan fingerprint density at radius 3 is 2.67 bits per heavy atom. The standard InChI is InChI=1S/C14H20O4/c1-14(2,9-15)12-10(8-16-3)4-5-11-13(12)18-7-6-17-11/h4-5,15H,6-9H2,1-3H3. The second kappa shape index (κ2) is 5.16. The molecule has 4 nitrogen and oxygen atoms in total. The van der Waals surface area contributed by atoms with Crippen LogP contribution in [0.1, 0.15) is 25.0 Å². The summed E-state index contributed by atoms with van der Waals surface area (Å²) >= 11 is 0. The van der Waals surface area contributed by atoms with Crippen LogP contribution >= 0.6 is 0 Å². The van der Waals surface area contributed by atoms with Crippen molar-refractivity contribution in [1.82, 2.24) is 0 Å². The molecule has 0 saturated heterocycles. The van der Waals surface area contributed by atoms with Gasteiger partial charge in [0.05, 0.1) is 13.2 Å². The van der Waals surface area contributed by atoms with E-state index in [1.807, 2.05) is 26.0 Å². The van der Waals surface area contributed by atoms with E-state index < -0.39 is 0 Å². The largest absolute Gasteiger partial charge is 0.486 e. The number of methoxy groups -OCH3 is 1. The highest BCUT2D eigenvalue weighted by molar-refractivity contribution is 5.54. The van der Waals surface area contributed by atoms with Crippen molar-refractivity contribution >= 4 is 0 Å². The molecule has 0 atom stereocenters. The molecule has 0 aliphatic carbocycles. The molecule has 1 aromatic carbocycles. The van der Waals surface area contributed by atoms with Gasteiger partial charge in [-0.2, -0.15) is 0 Å². The highest BCUT2D eigenvalue weighted by Gasteiger charge is 2.30. The van der Waals surface area contributed by atoms with Gasteiger partial charge in [-0.3, -0.25) is 0 Å². The van der Waals surface area contributed by atoms with Crippen LogP contribution in [-0.4, -0.2) is 32.0 Å². The molecule has 0 radical (unpaired) electrons. The monoisotopic (exact) mass is 252 g/mol. The van der Waals surface area contributed by atoms with Crippen LogP contribution in [0.3, 0.4) is 0 Å². The molecule has 1 heterocycles. The summed E-state index contributed by atoms with van der Waals surface area (Å²) in [4.78, 5) is 0. The Kier molecular flexibility index (Phi) is 3.78. The maximum Gasteiger partial charge on any atom is 0.165 e. The van der Waals surface area contributed by atoms with E-state index in [1.165, 1.54) is 0 Å². The van der Waals surface area contributed by atoms with Crippen molar-refractivity contribution in [3.8, 4) is 11.5 Å². The van der Waals surface area contributed by atoms with Crippen molar-refractivity contribution in [2.45, 2.75) is 25.9 Å². The molecule has 1 aliphatic heterocycles. The molecule has 1 N–H and O–H groups in total. The van der Waals surface area contributed by atoms with Crippen molar-refractivity contribution in [2.75, 3.05) is 26.9 Å². The van der Waals surface area contributed by atoms with Crippen molar-refractivity contribution in [2.24, 2.45) is 0 Å². The minimum absolute atomic E-state index is 0.0452. The molecule has 0 fully saturated rings. The summed E-state index contributed by atoms with van der Waals surface area (Å²) in [6.07, 6.45) is 0. The van der Waals surface area contributed by atoms with E-state index in [9.17, 15) is 5.11 Å². The zero-order valence-corrected chi connectivity index (χ0v) is 11.2. The third-order valence-electron chi connectivity index (χ3n) is 3.17. The van der Waals surface area contributed by atoms with Crippen LogP contribution in [-0.2, 0) is 16.8 Å². The van der Waals surface area contributed by atoms with E-state index in [-0.39, 0.29) is 12.0 Å². The summed E-state index contributed by atoms with van der Waals surface area (Å²) in [5, 5.41) is 9.60. The fraction of sp³-hybridized carbons (Fsp3) is 0.571.